The standard InChI is InChI=1S/C23H18ClN5O6S/c1-14(15-2-6-17(7-3-15)28(30)31)27-36(34,35)19-10-11-21-20(12-19)22(13-23(24)26-21)25-16-4-8-18(9-5-16)29(32)33/h2-14,27H,1H3,(H,25,26). The molecule has 0 saturated heterocycles. The molecule has 36 heavy (non-hydrogen) atoms. The first-order valence-electron chi connectivity index (χ1n) is 10.4. The van der Waals surface area contributed by atoms with Gasteiger partial charge in [0.15, 0.2) is 0 Å². The zero-order valence-corrected chi connectivity index (χ0v) is 20.2. The molecule has 0 spiro atoms. The molecule has 11 nitrogen and oxygen atoms in total. The van der Waals surface area contributed by atoms with Crippen LogP contribution in [-0.4, -0.2) is 23.2 Å². The summed E-state index contributed by atoms with van der Waals surface area (Å²) in [6.45, 7) is 1.63. The molecule has 1 aromatic heterocycles. The number of sulfonamides is 1. The van der Waals surface area contributed by atoms with Gasteiger partial charge in [-0.1, -0.05) is 23.7 Å². The van der Waals surface area contributed by atoms with Crippen LogP contribution in [0.5, 0.6) is 0 Å². The molecular formula is C23H18ClN5O6S. The van der Waals surface area contributed by atoms with E-state index in [1.165, 1.54) is 72.8 Å². The Bertz CT molecular complexity index is 1580. The average Bonchev–Trinajstić information content (AvgIpc) is 2.83. The Balaban J connectivity index is 1.64. The molecule has 0 radical (unpaired) electrons. The number of non-ortho nitro benzene ring substituents is 2. The summed E-state index contributed by atoms with van der Waals surface area (Å²) in [6.07, 6.45) is 0. The number of nitro groups is 2. The van der Waals surface area contributed by atoms with Crippen molar-refractivity contribution in [3.05, 3.63) is 104 Å². The summed E-state index contributed by atoms with van der Waals surface area (Å²) in [5, 5.41) is 25.5. The van der Waals surface area contributed by atoms with Gasteiger partial charge in [-0.15, -0.1) is 0 Å². The van der Waals surface area contributed by atoms with Gasteiger partial charge in [0.05, 0.1) is 25.9 Å². The van der Waals surface area contributed by atoms with Crippen LogP contribution in [0.15, 0.2) is 77.7 Å². The lowest BCUT2D eigenvalue weighted by molar-refractivity contribution is -0.385. The Morgan fingerprint density at radius 3 is 2.06 bits per heavy atom. The van der Waals surface area contributed by atoms with Gasteiger partial charge in [0.25, 0.3) is 11.4 Å². The van der Waals surface area contributed by atoms with Crippen LogP contribution in [0.25, 0.3) is 10.9 Å². The van der Waals surface area contributed by atoms with Gasteiger partial charge in [-0.2, -0.15) is 0 Å². The largest absolute Gasteiger partial charge is 0.355 e. The van der Waals surface area contributed by atoms with E-state index < -0.39 is 25.9 Å². The van der Waals surface area contributed by atoms with Crippen molar-refractivity contribution < 1.29 is 18.3 Å². The maximum atomic E-state index is 13.1. The molecule has 0 aliphatic heterocycles. The summed E-state index contributed by atoms with van der Waals surface area (Å²) in [5.41, 5.74) is 1.82. The van der Waals surface area contributed by atoms with Crippen molar-refractivity contribution >= 4 is 55.3 Å². The number of aromatic nitrogens is 1. The molecule has 4 rings (SSSR count). The first-order valence-corrected chi connectivity index (χ1v) is 12.3. The predicted molar refractivity (Wildman–Crippen MR) is 135 cm³/mol. The number of rotatable bonds is 8. The molecule has 4 aromatic rings. The Hall–Kier alpha value is -4.13. The van der Waals surface area contributed by atoms with Crippen molar-refractivity contribution in [2.24, 2.45) is 0 Å². The molecule has 1 heterocycles. The van der Waals surface area contributed by atoms with Crippen molar-refractivity contribution in [2.45, 2.75) is 17.9 Å². The Morgan fingerprint density at radius 2 is 1.47 bits per heavy atom. The summed E-state index contributed by atoms with van der Waals surface area (Å²) < 4.78 is 28.8. The van der Waals surface area contributed by atoms with E-state index in [9.17, 15) is 28.6 Å². The maximum absolute atomic E-state index is 13.1. The first-order chi connectivity index (χ1) is 17.0. The van der Waals surface area contributed by atoms with Crippen LogP contribution in [0.2, 0.25) is 5.15 Å². The second-order valence-corrected chi connectivity index (χ2v) is 9.89. The van der Waals surface area contributed by atoms with E-state index in [4.69, 9.17) is 11.6 Å². The van der Waals surface area contributed by atoms with E-state index in [2.05, 4.69) is 15.0 Å². The van der Waals surface area contributed by atoms with Crippen LogP contribution in [0.4, 0.5) is 22.7 Å². The van der Waals surface area contributed by atoms with Gasteiger partial charge in [0, 0.05) is 41.4 Å². The van der Waals surface area contributed by atoms with Crippen LogP contribution >= 0.6 is 11.6 Å². The summed E-state index contributed by atoms with van der Waals surface area (Å²) in [4.78, 5) is 24.9. The van der Waals surface area contributed by atoms with Gasteiger partial charge in [0.2, 0.25) is 10.0 Å². The van der Waals surface area contributed by atoms with Gasteiger partial charge in [-0.25, -0.2) is 18.1 Å². The fraction of sp³-hybridized carbons (Fsp3) is 0.0870. The van der Waals surface area contributed by atoms with Gasteiger partial charge in [0.1, 0.15) is 5.15 Å². The van der Waals surface area contributed by atoms with Crippen molar-refractivity contribution in [3.63, 3.8) is 0 Å². The smallest absolute Gasteiger partial charge is 0.269 e. The Morgan fingerprint density at radius 1 is 0.889 bits per heavy atom. The summed E-state index contributed by atoms with van der Waals surface area (Å²) in [6, 6.07) is 16.5. The van der Waals surface area contributed by atoms with Gasteiger partial charge < -0.3 is 5.32 Å². The summed E-state index contributed by atoms with van der Waals surface area (Å²) >= 11 is 6.14. The van der Waals surface area contributed by atoms with Crippen LogP contribution in [0, 0.1) is 20.2 Å². The van der Waals surface area contributed by atoms with E-state index in [0.717, 1.165) is 0 Å². The maximum Gasteiger partial charge on any atom is 0.269 e. The molecule has 1 atom stereocenters. The number of fused-ring (bicyclic) bond motifs is 1. The molecule has 13 heteroatoms. The number of nitro benzene ring substituents is 2. The molecule has 0 aliphatic carbocycles. The molecule has 0 saturated carbocycles. The van der Waals surface area contributed by atoms with E-state index in [1.807, 2.05) is 0 Å². The third-order valence-electron chi connectivity index (χ3n) is 5.35. The van der Waals surface area contributed by atoms with Crippen LogP contribution < -0.4 is 10.0 Å². The minimum atomic E-state index is -3.99. The van der Waals surface area contributed by atoms with E-state index in [-0.39, 0.29) is 21.4 Å². The number of hydrogen-bond donors (Lipinski definition) is 2. The fourth-order valence-corrected chi connectivity index (χ4v) is 4.98. The lowest BCUT2D eigenvalue weighted by Gasteiger charge is -2.16. The molecule has 3 aromatic carbocycles. The van der Waals surface area contributed by atoms with Gasteiger partial charge in [-0.05, 0) is 48.9 Å². The van der Waals surface area contributed by atoms with Crippen LogP contribution in [-0.2, 0) is 10.0 Å². The lowest BCUT2D eigenvalue weighted by atomic mass is 10.1. The monoisotopic (exact) mass is 527 g/mol. The predicted octanol–water partition coefficient (Wildman–Crippen LogP) is 5.49. The van der Waals surface area contributed by atoms with Gasteiger partial charge in [-0.3, -0.25) is 20.2 Å². The summed E-state index contributed by atoms with van der Waals surface area (Å²) in [7, 11) is -3.99. The first kappa shape index (κ1) is 25.0. The third-order valence-corrected chi connectivity index (χ3v) is 7.08. The number of nitrogens with zero attached hydrogens (tertiary/aromatic N) is 3. The highest BCUT2D eigenvalue weighted by atomic mass is 35.5. The van der Waals surface area contributed by atoms with Crippen molar-refractivity contribution in [1.82, 2.24) is 9.71 Å². The summed E-state index contributed by atoms with van der Waals surface area (Å²) in [5.74, 6) is 0. The normalized spacial score (nSPS) is 12.3. The van der Waals surface area contributed by atoms with Crippen molar-refractivity contribution in [3.8, 4) is 0 Å². The Labute approximate surface area is 210 Å². The van der Waals surface area contributed by atoms with Crippen molar-refractivity contribution in [1.29, 1.82) is 0 Å². The molecule has 0 aliphatic rings. The topological polar surface area (TPSA) is 157 Å². The quantitative estimate of drug-likeness (QED) is 0.173. The van der Waals surface area contributed by atoms with E-state index in [1.54, 1.807) is 6.92 Å². The fourth-order valence-electron chi connectivity index (χ4n) is 3.52. The Kier molecular flexibility index (Phi) is 6.84. The molecule has 0 bridgehead atoms. The van der Waals surface area contributed by atoms with Crippen LogP contribution in [0.1, 0.15) is 18.5 Å². The third kappa shape index (κ3) is 5.40. The second kappa shape index (κ2) is 9.85. The minimum absolute atomic E-state index is 0.0281. The average molecular weight is 528 g/mol. The highest BCUT2D eigenvalue weighted by Crippen LogP contribution is 2.31. The molecule has 2 N–H and O–H groups in total. The zero-order valence-electron chi connectivity index (χ0n) is 18.6. The van der Waals surface area contributed by atoms with Crippen LogP contribution in [0.3, 0.4) is 0 Å². The number of hydrogen-bond acceptors (Lipinski definition) is 8. The zero-order chi connectivity index (χ0) is 26.0. The molecule has 1 unspecified atom stereocenters. The number of nitrogens with one attached hydrogen (secondary N) is 2. The SMILES string of the molecule is CC(NS(=O)(=O)c1ccc2nc(Cl)cc(Nc3ccc([N+](=O)[O-])cc3)c2c1)c1ccc([N+](=O)[O-])cc1. The highest BCUT2D eigenvalue weighted by Gasteiger charge is 2.20. The minimum Gasteiger partial charge on any atom is -0.355 e. The highest BCUT2D eigenvalue weighted by molar-refractivity contribution is 7.89. The van der Waals surface area contributed by atoms with Gasteiger partial charge >= 0.3 is 0 Å². The number of halogens is 1. The van der Waals surface area contributed by atoms with Crippen molar-refractivity contribution in [2.75, 3.05) is 5.32 Å². The number of pyridine rings is 1. The lowest BCUT2D eigenvalue weighted by Crippen LogP contribution is -2.26. The molecule has 0 fully saturated rings. The molecule has 184 valence electrons. The number of benzene rings is 3. The number of anilines is 2. The van der Waals surface area contributed by atoms with E-state index in [0.29, 0.717) is 27.8 Å². The molecular weight excluding hydrogens is 510 g/mol. The second-order valence-electron chi connectivity index (χ2n) is 7.79. The van der Waals surface area contributed by atoms with E-state index >= 15 is 0 Å². The molecule has 0 amide bonds.